The van der Waals surface area contributed by atoms with Gasteiger partial charge in [-0.05, 0) is 47.1 Å². The molecule has 0 aliphatic heterocycles. The van der Waals surface area contributed by atoms with Gasteiger partial charge in [-0.25, -0.2) is 9.37 Å². The molecule has 0 unspecified atom stereocenters. The van der Waals surface area contributed by atoms with Gasteiger partial charge < -0.3 is 5.32 Å². The fourth-order valence-corrected chi connectivity index (χ4v) is 2.23. The molecule has 0 amide bonds. The van der Waals surface area contributed by atoms with Gasteiger partial charge in [0.1, 0.15) is 10.4 Å². The summed E-state index contributed by atoms with van der Waals surface area (Å²) in [7, 11) is 0. The summed E-state index contributed by atoms with van der Waals surface area (Å²) in [6.07, 6.45) is 0. The van der Waals surface area contributed by atoms with Crippen LogP contribution in [0.4, 0.5) is 10.1 Å². The van der Waals surface area contributed by atoms with Crippen LogP contribution in [0, 0.1) is 12.7 Å². The average molecular weight is 330 g/mol. The first-order valence-electron chi connectivity index (χ1n) is 5.38. The highest BCUT2D eigenvalue weighted by molar-refractivity contribution is 9.10. The third-order valence-corrected chi connectivity index (χ3v) is 3.36. The van der Waals surface area contributed by atoms with Crippen LogP contribution in [-0.4, -0.2) is 4.98 Å². The van der Waals surface area contributed by atoms with Gasteiger partial charge in [0, 0.05) is 17.1 Å². The summed E-state index contributed by atoms with van der Waals surface area (Å²) in [4.78, 5) is 4.26. The zero-order valence-corrected chi connectivity index (χ0v) is 12.0. The van der Waals surface area contributed by atoms with Crippen molar-refractivity contribution in [2.75, 3.05) is 5.32 Å². The minimum atomic E-state index is -0.308. The number of pyridine rings is 1. The zero-order valence-electron chi connectivity index (χ0n) is 9.67. The third kappa shape index (κ3) is 3.00. The normalized spacial score (nSPS) is 10.4. The first kappa shape index (κ1) is 13.3. The number of aryl methyl sites for hydroxylation is 1. The lowest BCUT2D eigenvalue weighted by atomic mass is 10.2. The average Bonchev–Trinajstić information content (AvgIpc) is 2.31. The van der Waals surface area contributed by atoms with Crippen LogP contribution in [0.15, 0.2) is 34.9 Å². The van der Waals surface area contributed by atoms with E-state index in [1.165, 1.54) is 6.07 Å². The van der Waals surface area contributed by atoms with Crippen molar-refractivity contribution in [3.05, 3.63) is 57.0 Å². The van der Waals surface area contributed by atoms with Crippen molar-refractivity contribution in [2.24, 2.45) is 0 Å². The van der Waals surface area contributed by atoms with Crippen molar-refractivity contribution in [3.63, 3.8) is 0 Å². The number of nitrogens with zero attached hydrogens (tertiary/aromatic N) is 1. The van der Waals surface area contributed by atoms with Crippen molar-refractivity contribution in [1.29, 1.82) is 0 Å². The van der Waals surface area contributed by atoms with E-state index in [4.69, 9.17) is 11.6 Å². The second kappa shape index (κ2) is 5.67. The van der Waals surface area contributed by atoms with E-state index >= 15 is 0 Å². The Labute approximate surface area is 118 Å². The van der Waals surface area contributed by atoms with Gasteiger partial charge in [-0.15, -0.1) is 0 Å². The SMILES string of the molecule is Cc1nc(Br)ccc1NCc1c(F)cccc1Cl. The molecular weight excluding hydrogens is 319 g/mol. The molecule has 1 aromatic carbocycles. The first-order valence-corrected chi connectivity index (χ1v) is 6.55. The molecule has 0 aliphatic carbocycles. The van der Waals surface area contributed by atoms with Crippen molar-refractivity contribution >= 4 is 33.2 Å². The Balaban J connectivity index is 2.16. The van der Waals surface area contributed by atoms with E-state index in [2.05, 4.69) is 26.2 Å². The van der Waals surface area contributed by atoms with E-state index in [9.17, 15) is 4.39 Å². The number of halogens is 3. The van der Waals surface area contributed by atoms with Crippen LogP contribution in [-0.2, 0) is 6.54 Å². The number of rotatable bonds is 3. The summed E-state index contributed by atoms with van der Waals surface area (Å²) in [6, 6.07) is 8.39. The molecule has 0 bridgehead atoms. The molecule has 0 saturated carbocycles. The maximum atomic E-state index is 13.6. The Morgan fingerprint density at radius 1 is 1.33 bits per heavy atom. The molecule has 5 heteroatoms. The third-order valence-electron chi connectivity index (χ3n) is 2.57. The molecular formula is C13H11BrClFN2. The highest BCUT2D eigenvalue weighted by atomic mass is 79.9. The van der Waals surface area contributed by atoms with Crippen molar-refractivity contribution in [2.45, 2.75) is 13.5 Å². The molecule has 1 aromatic heterocycles. The number of anilines is 1. The van der Waals surface area contributed by atoms with E-state index < -0.39 is 0 Å². The Kier molecular flexibility index (Phi) is 4.19. The zero-order chi connectivity index (χ0) is 13.1. The van der Waals surface area contributed by atoms with Crippen LogP contribution in [0.5, 0.6) is 0 Å². The number of nitrogens with one attached hydrogen (secondary N) is 1. The molecule has 0 spiro atoms. The fourth-order valence-electron chi connectivity index (χ4n) is 1.60. The molecule has 1 N–H and O–H groups in total. The predicted octanol–water partition coefficient (Wildman–Crippen LogP) is 4.56. The summed E-state index contributed by atoms with van der Waals surface area (Å²) >= 11 is 9.25. The van der Waals surface area contributed by atoms with Gasteiger partial charge in [0.2, 0.25) is 0 Å². The Bertz CT molecular complexity index is 555. The van der Waals surface area contributed by atoms with Crippen LogP contribution >= 0.6 is 27.5 Å². The van der Waals surface area contributed by atoms with E-state index in [0.717, 1.165) is 16.0 Å². The summed E-state index contributed by atoms with van der Waals surface area (Å²) in [5.41, 5.74) is 2.16. The van der Waals surface area contributed by atoms with Crippen molar-refractivity contribution < 1.29 is 4.39 Å². The topological polar surface area (TPSA) is 24.9 Å². The molecule has 1 heterocycles. The highest BCUT2D eigenvalue weighted by Crippen LogP contribution is 2.22. The lowest BCUT2D eigenvalue weighted by Gasteiger charge is -2.11. The number of aromatic nitrogens is 1. The number of benzene rings is 1. The van der Waals surface area contributed by atoms with Gasteiger partial charge in [-0.1, -0.05) is 17.7 Å². The molecule has 0 radical (unpaired) electrons. The summed E-state index contributed by atoms with van der Waals surface area (Å²) < 4.78 is 14.3. The van der Waals surface area contributed by atoms with Crippen molar-refractivity contribution in [1.82, 2.24) is 4.98 Å². The maximum Gasteiger partial charge on any atom is 0.129 e. The van der Waals surface area contributed by atoms with Gasteiger partial charge in [-0.2, -0.15) is 0 Å². The summed E-state index contributed by atoms with van der Waals surface area (Å²) in [5, 5.41) is 3.55. The minimum Gasteiger partial charge on any atom is -0.379 e. The molecule has 0 saturated heterocycles. The predicted molar refractivity (Wildman–Crippen MR) is 75.4 cm³/mol. The lowest BCUT2D eigenvalue weighted by Crippen LogP contribution is -2.04. The van der Waals surface area contributed by atoms with Crippen LogP contribution in [0.2, 0.25) is 5.02 Å². The van der Waals surface area contributed by atoms with Crippen molar-refractivity contribution in [3.8, 4) is 0 Å². The maximum absolute atomic E-state index is 13.6. The largest absolute Gasteiger partial charge is 0.379 e. The van der Waals surface area contributed by atoms with Gasteiger partial charge in [0.05, 0.1) is 11.4 Å². The standard InChI is InChI=1S/C13H11BrClFN2/c1-8-12(5-6-13(14)18-8)17-7-9-10(15)3-2-4-11(9)16/h2-6,17H,7H2,1H3. The van der Waals surface area contributed by atoms with Crippen LogP contribution in [0.3, 0.4) is 0 Å². The van der Waals surface area contributed by atoms with E-state index in [1.807, 2.05) is 19.1 Å². The lowest BCUT2D eigenvalue weighted by molar-refractivity contribution is 0.613. The molecule has 0 atom stereocenters. The quantitative estimate of drug-likeness (QED) is 0.835. The summed E-state index contributed by atoms with van der Waals surface area (Å²) in [5.74, 6) is -0.308. The van der Waals surface area contributed by atoms with Crippen LogP contribution in [0.25, 0.3) is 0 Å². The van der Waals surface area contributed by atoms with E-state index in [0.29, 0.717) is 17.1 Å². The number of hydrogen-bond donors (Lipinski definition) is 1. The molecule has 2 rings (SSSR count). The second-order valence-corrected chi connectivity index (χ2v) is 5.04. The smallest absolute Gasteiger partial charge is 0.129 e. The van der Waals surface area contributed by atoms with E-state index in [1.54, 1.807) is 12.1 Å². The second-order valence-electron chi connectivity index (χ2n) is 3.82. The Morgan fingerprint density at radius 2 is 2.11 bits per heavy atom. The van der Waals surface area contributed by atoms with Crippen LogP contribution in [0.1, 0.15) is 11.3 Å². The number of hydrogen-bond acceptors (Lipinski definition) is 2. The molecule has 0 fully saturated rings. The van der Waals surface area contributed by atoms with Gasteiger partial charge >= 0.3 is 0 Å². The Morgan fingerprint density at radius 3 is 2.78 bits per heavy atom. The molecule has 0 aliphatic rings. The molecule has 2 nitrogen and oxygen atoms in total. The van der Waals surface area contributed by atoms with Crippen LogP contribution < -0.4 is 5.32 Å². The van der Waals surface area contributed by atoms with Gasteiger partial charge in [-0.3, -0.25) is 0 Å². The Hall–Kier alpha value is -1.13. The van der Waals surface area contributed by atoms with Gasteiger partial charge in [0.15, 0.2) is 0 Å². The fraction of sp³-hybridized carbons (Fsp3) is 0.154. The first-order chi connectivity index (χ1) is 8.58. The molecule has 2 aromatic rings. The van der Waals surface area contributed by atoms with Gasteiger partial charge in [0.25, 0.3) is 0 Å². The summed E-state index contributed by atoms with van der Waals surface area (Å²) in [6.45, 7) is 2.21. The molecule has 94 valence electrons. The monoisotopic (exact) mass is 328 g/mol. The minimum absolute atomic E-state index is 0.308. The van der Waals surface area contributed by atoms with E-state index in [-0.39, 0.29) is 5.82 Å². The molecule has 18 heavy (non-hydrogen) atoms. The highest BCUT2D eigenvalue weighted by Gasteiger charge is 2.07.